The van der Waals surface area contributed by atoms with Crippen LogP contribution < -0.4 is 4.57 Å². The lowest BCUT2D eigenvalue weighted by Gasteiger charge is -2.14. The Balaban J connectivity index is 1.58. The number of benzene rings is 5. The van der Waals surface area contributed by atoms with Gasteiger partial charge < -0.3 is 4.57 Å². The molecule has 2 nitrogen and oxygen atoms in total. The molecule has 0 N–H and O–H groups in total. The lowest BCUT2D eigenvalue weighted by molar-refractivity contribution is -0.659. The van der Waals surface area contributed by atoms with Gasteiger partial charge in [0.05, 0.1) is 27.7 Å². The second kappa shape index (κ2) is 7.54. The molecule has 7 aromatic rings. The summed E-state index contributed by atoms with van der Waals surface area (Å²) in [4.78, 5) is 0. The smallest absolute Gasteiger partial charge is 0.220 e. The van der Waals surface area contributed by atoms with Gasteiger partial charge in [-0.1, -0.05) is 72.8 Å². The van der Waals surface area contributed by atoms with E-state index in [0.717, 1.165) is 0 Å². The summed E-state index contributed by atoms with van der Waals surface area (Å²) in [5, 5.41) is 7.66. The molecule has 0 spiro atoms. The van der Waals surface area contributed by atoms with Crippen molar-refractivity contribution >= 4 is 43.4 Å². The molecule has 2 aromatic heterocycles. The maximum absolute atomic E-state index is 2.42. The third-order valence-corrected chi connectivity index (χ3v) is 7.43. The fraction of sp³-hybridized carbons (Fsp3) is 0.0606. The van der Waals surface area contributed by atoms with Crippen molar-refractivity contribution in [3.63, 3.8) is 0 Å². The van der Waals surface area contributed by atoms with Crippen LogP contribution in [0.3, 0.4) is 0 Å². The van der Waals surface area contributed by atoms with Gasteiger partial charge in [0.1, 0.15) is 7.05 Å². The molecule has 0 amide bonds. The molecule has 35 heavy (non-hydrogen) atoms. The van der Waals surface area contributed by atoms with E-state index in [1.165, 1.54) is 65.9 Å². The van der Waals surface area contributed by atoms with Crippen LogP contribution in [-0.2, 0) is 7.05 Å². The van der Waals surface area contributed by atoms with Gasteiger partial charge >= 0.3 is 0 Å². The number of hydrogen-bond donors (Lipinski definition) is 0. The van der Waals surface area contributed by atoms with Gasteiger partial charge in [-0.2, -0.15) is 0 Å². The molecule has 2 heterocycles. The van der Waals surface area contributed by atoms with E-state index in [9.17, 15) is 0 Å². The molecule has 0 fully saturated rings. The zero-order valence-corrected chi connectivity index (χ0v) is 19.9. The maximum atomic E-state index is 2.42. The van der Waals surface area contributed by atoms with Crippen molar-refractivity contribution in [2.75, 3.05) is 0 Å². The standard InChI is InChI=1S/C33H25N2/c1-22-24-11-4-3-10-23(24)18-19-25(22)33-29-14-9-17-32(28(29)20-21-34(33)2)35-30-15-7-5-12-26(30)27-13-6-8-16-31(27)35/h3-21H,1-2H3/q+1. The predicted molar refractivity (Wildman–Crippen MR) is 147 cm³/mol. The largest absolute Gasteiger partial charge is 0.309 e. The van der Waals surface area contributed by atoms with E-state index in [2.05, 4.69) is 138 Å². The second-order valence-corrected chi connectivity index (χ2v) is 9.34. The highest BCUT2D eigenvalue weighted by atomic mass is 15.0. The highest BCUT2D eigenvalue weighted by Gasteiger charge is 2.21. The summed E-state index contributed by atoms with van der Waals surface area (Å²) >= 11 is 0. The Hall–Kier alpha value is -4.43. The third kappa shape index (κ3) is 2.87. The molecule has 0 aliphatic heterocycles. The molecule has 7 rings (SSSR count). The highest BCUT2D eigenvalue weighted by Crippen LogP contribution is 2.37. The van der Waals surface area contributed by atoms with Gasteiger partial charge in [-0.3, -0.25) is 0 Å². The minimum Gasteiger partial charge on any atom is -0.309 e. The van der Waals surface area contributed by atoms with E-state index < -0.39 is 0 Å². The lowest BCUT2D eigenvalue weighted by atomic mass is 9.94. The third-order valence-electron chi connectivity index (χ3n) is 7.43. The predicted octanol–water partition coefficient (Wildman–Crippen LogP) is 7.89. The molecule has 0 radical (unpaired) electrons. The van der Waals surface area contributed by atoms with Crippen LogP contribution in [0.5, 0.6) is 0 Å². The average molecular weight is 450 g/mol. The first kappa shape index (κ1) is 20.0. The molecule has 166 valence electrons. The lowest BCUT2D eigenvalue weighted by Crippen LogP contribution is -2.30. The first-order chi connectivity index (χ1) is 17.2. The zero-order chi connectivity index (χ0) is 23.5. The van der Waals surface area contributed by atoms with Gasteiger partial charge in [0, 0.05) is 22.2 Å². The summed E-state index contributed by atoms with van der Waals surface area (Å²) in [6.07, 6.45) is 2.20. The van der Waals surface area contributed by atoms with Crippen molar-refractivity contribution in [3.8, 4) is 16.9 Å². The first-order valence-electron chi connectivity index (χ1n) is 12.1. The number of fused-ring (bicyclic) bond motifs is 5. The van der Waals surface area contributed by atoms with Crippen LogP contribution in [0.25, 0.3) is 60.3 Å². The molecule has 0 bridgehead atoms. The fourth-order valence-electron chi connectivity index (χ4n) is 5.78. The SMILES string of the molecule is Cc1c(-c2c3cccc(-n4c5ccccc5c5ccccc54)c3cc[n+]2C)ccc2ccccc12. The van der Waals surface area contributed by atoms with Crippen molar-refractivity contribution in [1.29, 1.82) is 0 Å². The Bertz CT molecular complexity index is 1870. The van der Waals surface area contributed by atoms with Crippen LogP contribution in [0.2, 0.25) is 0 Å². The Labute approximate surface area is 204 Å². The number of para-hydroxylation sites is 2. The fourth-order valence-corrected chi connectivity index (χ4v) is 5.78. The van der Waals surface area contributed by atoms with Gasteiger partial charge in [0.15, 0.2) is 6.20 Å². The molecular formula is C33H25N2+. The quantitative estimate of drug-likeness (QED) is 0.237. The summed E-state index contributed by atoms with van der Waals surface area (Å²) in [6, 6.07) is 39.6. The number of nitrogens with zero attached hydrogens (tertiary/aromatic N) is 2. The van der Waals surface area contributed by atoms with E-state index >= 15 is 0 Å². The van der Waals surface area contributed by atoms with Gasteiger partial charge in [-0.25, -0.2) is 4.57 Å². The van der Waals surface area contributed by atoms with Crippen LogP contribution in [0.15, 0.2) is 115 Å². The van der Waals surface area contributed by atoms with E-state index in [-0.39, 0.29) is 0 Å². The topological polar surface area (TPSA) is 8.81 Å². The van der Waals surface area contributed by atoms with E-state index in [1.807, 2.05) is 0 Å². The number of aromatic nitrogens is 2. The Morgan fingerprint density at radius 2 is 1.17 bits per heavy atom. The molecule has 0 aliphatic carbocycles. The molecule has 5 aromatic carbocycles. The molecule has 0 unspecified atom stereocenters. The zero-order valence-electron chi connectivity index (χ0n) is 19.9. The van der Waals surface area contributed by atoms with Gasteiger partial charge in [0.25, 0.3) is 0 Å². The average Bonchev–Trinajstić information content (AvgIpc) is 3.23. The van der Waals surface area contributed by atoms with Crippen molar-refractivity contribution < 1.29 is 4.57 Å². The van der Waals surface area contributed by atoms with Crippen molar-refractivity contribution in [2.45, 2.75) is 6.92 Å². The Morgan fingerprint density at radius 1 is 0.543 bits per heavy atom. The van der Waals surface area contributed by atoms with E-state index in [4.69, 9.17) is 0 Å². The molecule has 0 atom stereocenters. The molecule has 0 aliphatic rings. The van der Waals surface area contributed by atoms with E-state index in [0.29, 0.717) is 0 Å². The molecule has 0 saturated heterocycles. The molecule has 0 saturated carbocycles. The van der Waals surface area contributed by atoms with E-state index in [1.54, 1.807) is 0 Å². The highest BCUT2D eigenvalue weighted by molar-refractivity contribution is 6.11. The Kier molecular flexibility index (Phi) is 4.31. The Morgan fingerprint density at radius 3 is 1.91 bits per heavy atom. The van der Waals surface area contributed by atoms with Crippen LogP contribution in [0.4, 0.5) is 0 Å². The number of aryl methyl sites for hydroxylation is 2. The van der Waals surface area contributed by atoms with Crippen molar-refractivity contribution in [3.05, 3.63) is 121 Å². The summed E-state index contributed by atoms with van der Waals surface area (Å²) in [5.74, 6) is 0. The van der Waals surface area contributed by atoms with Crippen molar-refractivity contribution in [1.82, 2.24) is 4.57 Å². The first-order valence-corrected chi connectivity index (χ1v) is 12.1. The number of pyridine rings is 1. The molecule has 2 heteroatoms. The molecular weight excluding hydrogens is 424 g/mol. The van der Waals surface area contributed by atoms with Crippen molar-refractivity contribution in [2.24, 2.45) is 7.05 Å². The minimum absolute atomic E-state index is 1.21. The van der Waals surface area contributed by atoms with Gasteiger partial charge in [-0.15, -0.1) is 0 Å². The summed E-state index contributed by atoms with van der Waals surface area (Å²) in [5.41, 5.74) is 7.51. The maximum Gasteiger partial charge on any atom is 0.220 e. The number of hydrogen-bond acceptors (Lipinski definition) is 0. The van der Waals surface area contributed by atoms with Crippen LogP contribution in [0.1, 0.15) is 5.56 Å². The van der Waals surface area contributed by atoms with Crippen LogP contribution in [0, 0.1) is 6.92 Å². The van der Waals surface area contributed by atoms with Gasteiger partial charge in [0.2, 0.25) is 5.69 Å². The van der Waals surface area contributed by atoms with Gasteiger partial charge in [-0.05, 0) is 53.6 Å². The van der Waals surface area contributed by atoms with Crippen LogP contribution in [-0.4, -0.2) is 4.57 Å². The second-order valence-electron chi connectivity index (χ2n) is 9.34. The van der Waals surface area contributed by atoms with Crippen LogP contribution >= 0.6 is 0 Å². The summed E-state index contributed by atoms with van der Waals surface area (Å²) in [6.45, 7) is 2.24. The number of rotatable bonds is 2. The summed E-state index contributed by atoms with van der Waals surface area (Å²) < 4.78 is 4.68. The monoisotopic (exact) mass is 449 g/mol. The minimum atomic E-state index is 1.21. The summed E-state index contributed by atoms with van der Waals surface area (Å²) in [7, 11) is 2.15. The normalized spacial score (nSPS) is 11.7.